The molecule has 4 rings (SSSR count). The van der Waals surface area contributed by atoms with Crippen molar-refractivity contribution >= 4 is 37.9 Å². The summed E-state index contributed by atoms with van der Waals surface area (Å²) in [5.74, 6) is -0.998. The van der Waals surface area contributed by atoms with E-state index in [0.29, 0.717) is 34.3 Å². The molecule has 1 aromatic heterocycles. The summed E-state index contributed by atoms with van der Waals surface area (Å²) in [6.45, 7) is 1.77. The summed E-state index contributed by atoms with van der Waals surface area (Å²) in [5, 5.41) is 12.2. The molecule has 9 nitrogen and oxygen atoms in total. The van der Waals surface area contributed by atoms with Crippen molar-refractivity contribution in [2.24, 2.45) is 0 Å². The lowest BCUT2D eigenvalue weighted by atomic mass is 10.1. The van der Waals surface area contributed by atoms with Crippen LogP contribution in [0.4, 0.5) is 10.3 Å². The molecule has 2 aliphatic rings. The van der Waals surface area contributed by atoms with Crippen molar-refractivity contribution in [2.45, 2.75) is 43.0 Å². The van der Waals surface area contributed by atoms with Crippen LogP contribution in [0.15, 0.2) is 33.8 Å². The second-order valence-corrected chi connectivity index (χ2v) is 10.1. The Balaban J connectivity index is 1.66. The summed E-state index contributed by atoms with van der Waals surface area (Å²) < 4.78 is 46.5. The van der Waals surface area contributed by atoms with Gasteiger partial charge in [-0.05, 0) is 40.9 Å². The van der Waals surface area contributed by atoms with E-state index in [2.05, 4.69) is 31.2 Å². The number of nitrogens with one attached hydrogen (secondary N) is 1. The average Bonchev–Trinajstić information content (AvgIpc) is 3.00. The van der Waals surface area contributed by atoms with E-state index in [4.69, 9.17) is 4.74 Å². The minimum Gasteiger partial charge on any atom is -0.480 e. The molecule has 31 heavy (non-hydrogen) atoms. The van der Waals surface area contributed by atoms with E-state index in [-0.39, 0.29) is 24.0 Å². The number of aliphatic carboxylic acids is 1. The summed E-state index contributed by atoms with van der Waals surface area (Å²) in [6.07, 6.45) is 0.805. The Morgan fingerprint density at radius 2 is 2.23 bits per heavy atom. The Hall–Kier alpha value is -2.15. The zero-order chi connectivity index (χ0) is 22.3. The van der Waals surface area contributed by atoms with Gasteiger partial charge in [0.05, 0.1) is 27.7 Å². The van der Waals surface area contributed by atoms with Crippen molar-refractivity contribution in [2.75, 3.05) is 18.5 Å². The third kappa shape index (κ3) is 4.16. The third-order valence-electron chi connectivity index (χ3n) is 5.39. The van der Waals surface area contributed by atoms with Crippen LogP contribution in [0.5, 0.6) is 0 Å². The minimum absolute atomic E-state index is 0.00893. The van der Waals surface area contributed by atoms with Crippen LogP contribution in [0, 0.1) is 0 Å². The lowest BCUT2D eigenvalue weighted by molar-refractivity contribution is -0.140. The number of sulfonamides is 1. The molecule has 2 aromatic rings. The lowest BCUT2D eigenvalue weighted by Gasteiger charge is -2.26. The van der Waals surface area contributed by atoms with Gasteiger partial charge in [-0.2, -0.15) is 4.31 Å². The Morgan fingerprint density at radius 3 is 2.94 bits per heavy atom. The average molecular weight is 515 g/mol. The Labute approximate surface area is 186 Å². The highest BCUT2D eigenvalue weighted by molar-refractivity contribution is 9.10. The number of fused-ring (bicyclic) bond motifs is 1. The summed E-state index contributed by atoms with van der Waals surface area (Å²) in [4.78, 5) is 20.0. The number of benzene rings is 1. The van der Waals surface area contributed by atoms with Crippen molar-refractivity contribution in [3.8, 4) is 11.3 Å². The zero-order valence-electron chi connectivity index (χ0n) is 16.5. The molecule has 1 saturated heterocycles. The first-order valence-corrected chi connectivity index (χ1v) is 11.8. The molecular weight excluding hydrogens is 495 g/mol. The number of carboxylic acids is 1. The number of ether oxygens (including phenoxy) is 1. The van der Waals surface area contributed by atoms with Crippen LogP contribution >= 0.6 is 15.9 Å². The molecule has 0 spiro atoms. The van der Waals surface area contributed by atoms with Gasteiger partial charge < -0.3 is 15.2 Å². The van der Waals surface area contributed by atoms with Crippen molar-refractivity contribution in [1.29, 1.82) is 0 Å². The number of hydrogen-bond acceptors (Lipinski definition) is 7. The van der Waals surface area contributed by atoms with Crippen LogP contribution in [-0.4, -0.2) is 65.2 Å². The Morgan fingerprint density at radius 1 is 1.45 bits per heavy atom. The van der Waals surface area contributed by atoms with Crippen molar-refractivity contribution < 1.29 is 27.4 Å². The molecule has 12 heteroatoms. The van der Waals surface area contributed by atoms with Gasteiger partial charge in [0.1, 0.15) is 12.2 Å². The predicted octanol–water partition coefficient (Wildman–Crippen LogP) is 2.42. The second kappa shape index (κ2) is 8.41. The van der Waals surface area contributed by atoms with E-state index in [1.807, 2.05) is 0 Å². The van der Waals surface area contributed by atoms with Gasteiger partial charge in [-0.3, -0.25) is 4.79 Å². The fourth-order valence-electron chi connectivity index (χ4n) is 3.59. The predicted molar refractivity (Wildman–Crippen MR) is 113 cm³/mol. The number of nitrogens with zero attached hydrogens (tertiary/aromatic N) is 3. The summed E-state index contributed by atoms with van der Waals surface area (Å²) >= 11 is 3.38. The van der Waals surface area contributed by atoms with Crippen molar-refractivity contribution in [3.05, 3.63) is 34.4 Å². The van der Waals surface area contributed by atoms with Crippen LogP contribution < -0.4 is 5.32 Å². The van der Waals surface area contributed by atoms with Gasteiger partial charge in [0.2, 0.25) is 16.0 Å². The van der Waals surface area contributed by atoms with Crippen molar-refractivity contribution in [3.63, 3.8) is 0 Å². The first kappa shape index (κ1) is 22.1. The van der Waals surface area contributed by atoms with Crippen LogP contribution in [0.2, 0.25) is 0 Å². The molecule has 0 radical (unpaired) electrons. The molecule has 0 saturated carbocycles. The minimum atomic E-state index is -3.96. The first-order valence-electron chi connectivity index (χ1n) is 9.57. The second-order valence-electron chi connectivity index (χ2n) is 7.41. The standard InChI is InChI=1S/C19H20BrFN4O5S/c1-10(18(26)27)25-8-12-3-2-11(6-16(12)31(25,28)29)17-13(20)7-22-19(24-17)23-15-4-5-30-9-14(15)21/h2-3,6-7,10,14-15H,4-5,8-9H2,1H3,(H,26,27)(H,22,23,24)/t10-,14-,15?/m1/s1. The number of carboxylic acid groups (broad SMARTS) is 1. The number of alkyl halides is 1. The molecule has 1 fully saturated rings. The van der Waals surface area contributed by atoms with Gasteiger partial charge in [0, 0.05) is 24.9 Å². The topological polar surface area (TPSA) is 122 Å². The third-order valence-corrected chi connectivity index (χ3v) is 7.97. The molecular formula is C19H20BrFN4O5S. The maximum Gasteiger partial charge on any atom is 0.321 e. The summed E-state index contributed by atoms with van der Waals surface area (Å²) in [6, 6.07) is 3.17. The Bertz CT molecular complexity index is 1130. The number of aromatic nitrogens is 2. The molecule has 0 amide bonds. The maximum absolute atomic E-state index is 14.1. The molecule has 2 N–H and O–H groups in total. The highest BCUT2D eigenvalue weighted by Crippen LogP contribution is 2.36. The fraction of sp³-hybridized carbons (Fsp3) is 0.421. The van der Waals surface area contributed by atoms with E-state index >= 15 is 0 Å². The Kier molecular flexibility index (Phi) is 5.99. The zero-order valence-corrected chi connectivity index (χ0v) is 18.9. The molecule has 0 bridgehead atoms. The van der Waals surface area contributed by atoms with Crippen LogP contribution in [0.1, 0.15) is 18.9 Å². The quantitative estimate of drug-likeness (QED) is 0.623. The molecule has 166 valence electrons. The molecule has 1 unspecified atom stereocenters. The number of halogens is 2. The van der Waals surface area contributed by atoms with E-state index in [1.54, 1.807) is 12.1 Å². The van der Waals surface area contributed by atoms with Gasteiger partial charge in [0.25, 0.3) is 0 Å². The molecule has 3 heterocycles. The van der Waals surface area contributed by atoms with Gasteiger partial charge in [-0.25, -0.2) is 22.8 Å². The highest BCUT2D eigenvalue weighted by Gasteiger charge is 2.40. The molecule has 1 aromatic carbocycles. The maximum atomic E-state index is 14.1. The first-order chi connectivity index (χ1) is 14.7. The van der Waals surface area contributed by atoms with Gasteiger partial charge >= 0.3 is 5.97 Å². The van der Waals surface area contributed by atoms with Crippen LogP contribution in [0.25, 0.3) is 11.3 Å². The lowest BCUT2D eigenvalue weighted by Crippen LogP contribution is -2.39. The molecule has 0 aliphatic carbocycles. The van der Waals surface area contributed by atoms with Gasteiger partial charge in [-0.1, -0.05) is 12.1 Å². The molecule has 2 aliphatic heterocycles. The number of rotatable bonds is 5. The van der Waals surface area contributed by atoms with E-state index in [0.717, 1.165) is 4.31 Å². The van der Waals surface area contributed by atoms with Crippen LogP contribution in [-0.2, 0) is 26.1 Å². The van der Waals surface area contributed by atoms with E-state index < -0.39 is 34.2 Å². The summed E-state index contributed by atoms with van der Waals surface area (Å²) in [5.41, 5.74) is 1.46. The normalized spacial score (nSPS) is 23.8. The van der Waals surface area contributed by atoms with Gasteiger partial charge in [0.15, 0.2) is 0 Å². The summed E-state index contributed by atoms with van der Waals surface area (Å²) in [7, 11) is -3.96. The van der Waals surface area contributed by atoms with Crippen molar-refractivity contribution in [1.82, 2.24) is 14.3 Å². The number of anilines is 1. The van der Waals surface area contributed by atoms with Gasteiger partial charge in [-0.15, -0.1) is 0 Å². The van der Waals surface area contributed by atoms with Crippen LogP contribution in [0.3, 0.4) is 0 Å². The number of hydrogen-bond donors (Lipinski definition) is 2. The fourth-order valence-corrected chi connectivity index (χ4v) is 5.82. The van der Waals surface area contributed by atoms with E-state index in [9.17, 15) is 22.7 Å². The number of carbonyl (C=O) groups is 1. The largest absolute Gasteiger partial charge is 0.480 e. The monoisotopic (exact) mass is 514 g/mol. The highest BCUT2D eigenvalue weighted by atomic mass is 79.9. The smallest absolute Gasteiger partial charge is 0.321 e. The SMILES string of the molecule is C[C@H](C(=O)O)N1Cc2ccc(-c3nc(NC4CCOC[C@H]4F)ncc3Br)cc2S1(=O)=O. The van der Waals surface area contributed by atoms with E-state index in [1.165, 1.54) is 19.2 Å². The molecule has 3 atom stereocenters.